The smallest absolute Gasteiger partial charge is 0.206 e. The highest BCUT2D eigenvalue weighted by molar-refractivity contribution is 9.10. The summed E-state index contributed by atoms with van der Waals surface area (Å²) in [6, 6.07) is 23.4. The molecule has 140 valence electrons. The first-order chi connectivity index (χ1) is 13.7. The number of methoxy groups -OCH3 is 1. The maximum atomic E-state index is 13.1. The van der Waals surface area contributed by atoms with Gasteiger partial charge in [-0.3, -0.25) is 4.79 Å². The highest BCUT2D eigenvalue weighted by atomic mass is 79.9. The molecule has 0 radical (unpaired) electrons. The van der Waals surface area contributed by atoms with Crippen LogP contribution in [0.15, 0.2) is 77.3 Å². The molecule has 0 bridgehead atoms. The van der Waals surface area contributed by atoms with Gasteiger partial charge in [0.05, 0.1) is 22.0 Å². The zero-order valence-corrected chi connectivity index (χ0v) is 17.5. The third kappa shape index (κ3) is 3.81. The van der Waals surface area contributed by atoms with Crippen LogP contribution in [0.3, 0.4) is 0 Å². The number of ether oxygens (including phenoxy) is 2. The molecule has 4 aromatic rings. The third-order valence-corrected chi connectivity index (χ3v) is 6.12. The fourth-order valence-corrected chi connectivity index (χ4v) is 4.43. The van der Waals surface area contributed by atoms with Gasteiger partial charge in [0.2, 0.25) is 5.78 Å². The number of halogens is 1. The molecule has 0 aliphatic heterocycles. The van der Waals surface area contributed by atoms with Gasteiger partial charge >= 0.3 is 0 Å². The van der Waals surface area contributed by atoms with E-state index in [1.165, 1.54) is 11.3 Å². The molecule has 0 aliphatic carbocycles. The second-order valence-electron chi connectivity index (χ2n) is 6.23. The van der Waals surface area contributed by atoms with Crippen LogP contribution in [0.2, 0.25) is 0 Å². The Balaban J connectivity index is 1.63. The lowest BCUT2D eigenvalue weighted by Gasteiger charge is -2.13. The second kappa shape index (κ2) is 8.17. The number of carbonyl (C=O) groups is 1. The van der Waals surface area contributed by atoms with Crippen LogP contribution in [0.25, 0.3) is 10.1 Å². The SMILES string of the molecule is COc1cc(OCc2ccccc2)c(Br)cc1C(=O)c1cc2ccccc2s1. The zero-order chi connectivity index (χ0) is 19.5. The quantitative estimate of drug-likeness (QED) is 0.314. The van der Waals surface area contributed by atoms with Gasteiger partial charge in [0.1, 0.15) is 18.1 Å². The van der Waals surface area contributed by atoms with E-state index >= 15 is 0 Å². The molecule has 28 heavy (non-hydrogen) atoms. The Bertz CT molecular complexity index is 1100. The predicted octanol–water partition coefficient (Wildman–Crippen LogP) is 6.48. The number of carbonyl (C=O) groups excluding carboxylic acids is 1. The Kier molecular flexibility index (Phi) is 5.46. The lowest BCUT2D eigenvalue weighted by Crippen LogP contribution is -2.04. The van der Waals surface area contributed by atoms with Gasteiger partial charge in [0.25, 0.3) is 0 Å². The summed E-state index contributed by atoms with van der Waals surface area (Å²) >= 11 is 5.02. The van der Waals surface area contributed by atoms with Gasteiger partial charge < -0.3 is 9.47 Å². The lowest BCUT2D eigenvalue weighted by atomic mass is 10.1. The number of fused-ring (bicyclic) bond motifs is 1. The molecule has 0 unspecified atom stereocenters. The standard InChI is InChI=1S/C23H17BrO3S/c1-26-19-13-20(27-14-15-7-3-2-4-8-15)18(24)12-17(19)23(25)22-11-16-9-5-6-10-21(16)28-22/h2-13H,14H2,1H3. The average Bonchev–Trinajstić information content (AvgIpc) is 3.17. The summed E-state index contributed by atoms with van der Waals surface area (Å²) < 4.78 is 13.2. The van der Waals surface area contributed by atoms with E-state index in [2.05, 4.69) is 15.9 Å². The van der Waals surface area contributed by atoms with E-state index in [-0.39, 0.29) is 5.78 Å². The fourth-order valence-electron chi connectivity index (χ4n) is 2.95. The molecular formula is C23H17BrO3S. The maximum Gasteiger partial charge on any atom is 0.206 e. The topological polar surface area (TPSA) is 35.5 Å². The Labute approximate surface area is 175 Å². The van der Waals surface area contributed by atoms with Crippen molar-refractivity contribution in [3.05, 3.63) is 93.3 Å². The Morgan fingerprint density at radius 1 is 0.964 bits per heavy atom. The van der Waals surface area contributed by atoms with Crippen LogP contribution in [0.4, 0.5) is 0 Å². The molecule has 1 heterocycles. The highest BCUT2D eigenvalue weighted by Crippen LogP contribution is 2.36. The molecule has 0 aliphatic rings. The summed E-state index contributed by atoms with van der Waals surface area (Å²) in [6.07, 6.45) is 0. The van der Waals surface area contributed by atoms with Crippen molar-refractivity contribution in [2.24, 2.45) is 0 Å². The fraction of sp³-hybridized carbons (Fsp3) is 0.0870. The number of benzene rings is 3. The molecule has 0 N–H and O–H groups in total. The molecule has 0 fully saturated rings. The van der Waals surface area contributed by atoms with Crippen LogP contribution in [0.5, 0.6) is 11.5 Å². The molecule has 0 atom stereocenters. The number of ketones is 1. The van der Waals surface area contributed by atoms with Gasteiger partial charge in [-0.25, -0.2) is 0 Å². The minimum atomic E-state index is -0.0617. The molecule has 5 heteroatoms. The Morgan fingerprint density at radius 2 is 1.71 bits per heavy atom. The zero-order valence-electron chi connectivity index (χ0n) is 15.1. The van der Waals surface area contributed by atoms with Crippen LogP contribution in [0.1, 0.15) is 20.8 Å². The highest BCUT2D eigenvalue weighted by Gasteiger charge is 2.20. The van der Waals surface area contributed by atoms with Crippen molar-refractivity contribution < 1.29 is 14.3 Å². The number of hydrogen-bond acceptors (Lipinski definition) is 4. The molecule has 0 saturated carbocycles. The van der Waals surface area contributed by atoms with Gasteiger partial charge in [0.15, 0.2) is 0 Å². The van der Waals surface area contributed by atoms with Gasteiger partial charge in [-0.2, -0.15) is 0 Å². The molecular weight excluding hydrogens is 436 g/mol. The van der Waals surface area contributed by atoms with Crippen LogP contribution >= 0.6 is 27.3 Å². The average molecular weight is 453 g/mol. The van der Waals surface area contributed by atoms with E-state index in [0.717, 1.165) is 15.6 Å². The van der Waals surface area contributed by atoms with Crippen molar-refractivity contribution in [2.75, 3.05) is 7.11 Å². The summed E-state index contributed by atoms with van der Waals surface area (Å²) in [5.41, 5.74) is 1.58. The molecule has 3 nitrogen and oxygen atoms in total. The monoisotopic (exact) mass is 452 g/mol. The largest absolute Gasteiger partial charge is 0.496 e. The molecule has 0 amide bonds. The van der Waals surface area contributed by atoms with Crippen LogP contribution < -0.4 is 9.47 Å². The first-order valence-corrected chi connectivity index (χ1v) is 10.3. The lowest BCUT2D eigenvalue weighted by molar-refractivity contribution is 0.103. The van der Waals surface area contributed by atoms with E-state index in [1.54, 1.807) is 19.2 Å². The van der Waals surface area contributed by atoms with Crippen molar-refractivity contribution in [1.29, 1.82) is 0 Å². The van der Waals surface area contributed by atoms with Crippen LogP contribution in [0, 0.1) is 0 Å². The Hall–Kier alpha value is -2.63. The molecule has 0 spiro atoms. The van der Waals surface area contributed by atoms with Crippen molar-refractivity contribution in [1.82, 2.24) is 0 Å². The molecule has 1 aromatic heterocycles. The first-order valence-electron chi connectivity index (χ1n) is 8.73. The number of rotatable bonds is 6. The minimum Gasteiger partial charge on any atom is -0.496 e. The normalized spacial score (nSPS) is 10.8. The van der Waals surface area contributed by atoms with Gasteiger partial charge in [0, 0.05) is 10.8 Å². The van der Waals surface area contributed by atoms with Crippen LogP contribution in [-0.4, -0.2) is 12.9 Å². The second-order valence-corrected chi connectivity index (χ2v) is 8.17. The number of hydrogen-bond donors (Lipinski definition) is 0. The minimum absolute atomic E-state index is 0.0617. The molecule has 3 aromatic carbocycles. The number of thiophene rings is 1. The van der Waals surface area contributed by atoms with Crippen molar-refractivity contribution >= 4 is 43.1 Å². The van der Waals surface area contributed by atoms with Gasteiger partial charge in [-0.1, -0.05) is 48.5 Å². The van der Waals surface area contributed by atoms with Crippen molar-refractivity contribution in [3.8, 4) is 11.5 Å². The summed E-state index contributed by atoms with van der Waals surface area (Å²) in [5.74, 6) is 1.07. The van der Waals surface area contributed by atoms with E-state index in [4.69, 9.17) is 9.47 Å². The van der Waals surface area contributed by atoms with Gasteiger partial charge in [-0.05, 0) is 45.1 Å². The van der Waals surface area contributed by atoms with E-state index < -0.39 is 0 Å². The van der Waals surface area contributed by atoms with Crippen molar-refractivity contribution in [2.45, 2.75) is 6.61 Å². The first kappa shape index (κ1) is 18.7. The van der Waals surface area contributed by atoms with E-state index in [9.17, 15) is 4.79 Å². The molecule has 4 rings (SSSR count). The summed E-state index contributed by atoms with van der Waals surface area (Å²) in [4.78, 5) is 13.8. The summed E-state index contributed by atoms with van der Waals surface area (Å²) in [6.45, 7) is 0.437. The van der Waals surface area contributed by atoms with Crippen LogP contribution in [-0.2, 0) is 6.61 Å². The van der Waals surface area contributed by atoms with Crippen molar-refractivity contribution in [3.63, 3.8) is 0 Å². The maximum absolute atomic E-state index is 13.1. The summed E-state index contributed by atoms with van der Waals surface area (Å²) in [5, 5.41) is 1.07. The van der Waals surface area contributed by atoms with E-state index in [0.29, 0.717) is 33.0 Å². The molecule has 0 saturated heterocycles. The Morgan fingerprint density at radius 3 is 2.46 bits per heavy atom. The van der Waals surface area contributed by atoms with Gasteiger partial charge in [-0.15, -0.1) is 11.3 Å². The third-order valence-electron chi connectivity index (χ3n) is 4.39. The summed E-state index contributed by atoms with van der Waals surface area (Å²) in [7, 11) is 1.56. The van der Waals surface area contributed by atoms with E-state index in [1.807, 2.05) is 60.7 Å². The predicted molar refractivity (Wildman–Crippen MR) is 117 cm³/mol.